The van der Waals surface area contributed by atoms with Crippen LogP contribution in [0.15, 0.2) is 36.8 Å². The van der Waals surface area contributed by atoms with Gasteiger partial charge in [0.2, 0.25) is 11.8 Å². The Bertz CT molecular complexity index is 840. The molecular weight excluding hydrogens is 354 g/mol. The first-order chi connectivity index (χ1) is 13.4. The van der Waals surface area contributed by atoms with Gasteiger partial charge in [-0.15, -0.1) is 0 Å². The van der Waals surface area contributed by atoms with Crippen LogP contribution < -0.4 is 10.2 Å². The number of piperidine rings is 1. The number of anilines is 2. The lowest BCUT2D eigenvalue weighted by Gasteiger charge is -2.34. The fourth-order valence-corrected chi connectivity index (χ4v) is 3.51. The number of carbonyl (C=O) groups is 2. The first kappa shape index (κ1) is 19.8. The van der Waals surface area contributed by atoms with Gasteiger partial charge in [-0.25, -0.2) is 4.98 Å². The molecule has 0 radical (unpaired) electrons. The van der Waals surface area contributed by atoms with Crippen molar-refractivity contribution < 1.29 is 9.59 Å². The molecule has 2 heterocycles. The van der Waals surface area contributed by atoms with Crippen molar-refractivity contribution in [1.29, 1.82) is 0 Å². The second kappa shape index (κ2) is 8.82. The highest BCUT2D eigenvalue weighted by Gasteiger charge is 2.29. The number of amides is 2. The Morgan fingerprint density at radius 3 is 2.86 bits per heavy atom. The summed E-state index contributed by atoms with van der Waals surface area (Å²) in [5, 5.41) is 2.91. The molecule has 1 aliphatic heterocycles. The lowest BCUT2D eigenvalue weighted by molar-refractivity contribution is -0.137. The maximum atomic E-state index is 12.9. The van der Waals surface area contributed by atoms with E-state index < -0.39 is 0 Å². The SMILES string of the molecule is Cc1ccc(C)c(NC(=O)CN(C)C(=O)[C@@H]2CCCN(c3cnccn3)C2)c1. The second-order valence-corrected chi connectivity index (χ2v) is 7.41. The molecule has 1 atom stereocenters. The summed E-state index contributed by atoms with van der Waals surface area (Å²) in [7, 11) is 1.69. The summed E-state index contributed by atoms with van der Waals surface area (Å²) in [6, 6.07) is 5.92. The van der Waals surface area contributed by atoms with E-state index in [1.807, 2.05) is 32.0 Å². The van der Waals surface area contributed by atoms with E-state index in [2.05, 4.69) is 20.2 Å². The van der Waals surface area contributed by atoms with Gasteiger partial charge in [-0.2, -0.15) is 0 Å². The van der Waals surface area contributed by atoms with Gasteiger partial charge in [-0.3, -0.25) is 14.6 Å². The predicted octanol–water partition coefficient (Wildman–Crippen LogP) is 2.41. The van der Waals surface area contributed by atoms with Crippen molar-refractivity contribution in [3.63, 3.8) is 0 Å². The lowest BCUT2D eigenvalue weighted by Crippen LogP contribution is -2.45. The zero-order valence-corrected chi connectivity index (χ0v) is 16.7. The third kappa shape index (κ3) is 4.85. The zero-order valence-electron chi connectivity index (χ0n) is 16.7. The molecule has 3 rings (SSSR count). The van der Waals surface area contributed by atoms with Crippen molar-refractivity contribution in [2.45, 2.75) is 26.7 Å². The molecule has 1 aromatic heterocycles. The molecule has 28 heavy (non-hydrogen) atoms. The Kier molecular flexibility index (Phi) is 6.23. The average molecular weight is 381 g/mol. The summed E-state index contributed by atoms with van der Waals surface area (Å²) >= 11 is 0. The van der Waals surface area contributed by atoms with Gasteiger partial charge >= 0.3 is 0 Å². The smallest absolute Gasteiger partial charge is 0.243 e. The van der Waals surface area contributed by atoms with Crippen LogP contribution in [0.25, 0.3) is 0 Å². The molecule has 0 bridgehead atoms. The number of aromatic nitrogens is 2. The van der Waals surface area contributed by atoms with E-state index >= 15 is 0 Å². The van der Waals surface area contributed by atoms with Crippen LogP contribution in [0.1, 0.15) is 24.0 Å². The normalized spacial score (nSPS) is 16.5. The Hall–Kier alpha value is -2.96. The van der Waals surface area contributed by atoms with Crippen molar-refractivity contribution in [2.24, 2.45) is 5.92 Å². The Labute approximate surface area is 165 Å². The van der Waals surface area contributed by atoms with Crippen molar-refractivity contribution >= 4 is 23.3 Å². The second-order valence-electron chi connectivity index (χ2n) is 7.41. The molecule has 2 amide bonds. The molecule has 1 fully saturated rings. The van der Waals surface area contributed by atoms with Crippen molar-refractivity contribution in [2.75, 3.05) is 36.9 Å². The molecular formula is C21H27N5O2. The van der Waals surface area contributed by atoms with Gasteiger partial charge in [-0.05, 0) is 43.9 Å². The van der Waals surface area contributed by atoms with Crippen LogP contribution in [0.2, 0.25) is 0 Å². The highest BCUT2D eigenvalue weighted by Crippen LogP contribution is 2.22. The molecule has 7 heteroatoms. The molecule has 0 saturated carbocycles. The van der Waals surface area contributed by atoms with Crippen LogP contribution in [0.3, 0.4) is 0 Å². The molecule has 0 unspecified atom stereocenters. The minimum Gasteiger partial charge on any atom is -0.355 e. The third-order valence-corrected chi connectivity index (χ3v) is 5.07. The highest BCUT2D eigenvalue weighted by atomic mass is 16.2. The van der Waals surface area contributed by atoms with Gasteiger partial charge in [0.1, 0.15) is 5.82 Å². The molecule has 7 nitrogen and oxygen atoms in total. The van der Waals surface area contributed by atoms with Crippen LogP contribution in [0, 0.1) is 19.8 Å². The maximum absolute atomic E-state index is 12.9. The van der Waals surface area contributed by atoms with Gasteiger partial charge in [0.05, 0.1) is 18.7 Å². The van der Waals surface area contributed by atoms with Crippen LogP contribution in [-0.4, -0.2) is 53.4 Å². The molecule has 0 aliphatic carbocycles. The standard InChI is InChI=1S/C21H27N5O2/c1-15-6-7-16(2)18(11-15)24-20(27)14-25(3)21(28)17-5-4-10-26(13-17)19-12-22-8-9-23-19/h6-9,11-12,17H,4-5,10,13-14H2,1-3H3,(H,24,27)/t17-/m1/s1. The zero-order chi connectivity index (χ0) is 20.1. The summed E-state index contributed by atoms with van der Waals surface area (Å²) in [6.07, 6.45) is 6.74. The number of likely N-dealkylation sites (N-methyl/N-ethyl adjacent to an activating group) is 1. The molecule has 0 spiro atoms. The van der Waals surface area contributed by atoms with E-state index in [9.17, 15) is 9.59 Å². The topological polar surface area (TPSA) is 78.4 Å². The van der Waals surface area contributed by atoms with Gasteiger partial charge in [0.15, 0.2) is 0 Å². The van der Waals surface area contributed by atoms with Crippen LogP contribution in [0.5, 0.6) is 0 Å². The first-order valence-electron chi connectivity index (χ1n) is 9.57. The molecule has 148 valence electrons. The summed E-state index contributed by atoms with van der Waals surface area (Å²) in [5.74, 6) is 0.445. The Morgan fingerprint density at radius 1 is 1.29 bits per heavy atom. The predicted molar refractivity (Wildman–Crippen MR) is 109 cm³/mol. The number of benzene rings is 1. The molecule has 1 N–H and O–H groups in total. The summed E-state index contributed by atoms with van der Waals surface area (Å²) in [6.45, 7) is 5.43. The number of carbonyl (C=O) groups excluding carboxylic acids is 2. The van der Waals surface area contributed by atoms with E-state index in [4.69, 9.17) is 0 Å². The van der Waals surface area contributed by atoms with Gasteiger partial charge in [0, 0.05) is 38.2 Å². The van der Waals surface area contributed by atoms with Gasteiger partial charge < -0.3 is 15.1 Å². The van der Waals surface area contributed by atoms with Crippen LogP contribution in [0.4, 0.5) is 11.5 Å². The van der Waals surface area contributed by atoms with Gasteiger partial charge in [0.25, 0.3) is 0 Å². The molecule has 1 aromatic carbocycles. The van der Waals surface area contributed by atoms with E-state index in [1.165, 1.54) is 4.90 Å². The van der Waals surface area contributed by atoms with E-state index in [1.54, 1.807) is 25.6 Å². The minimum atomic E-state index is -0.189. The number of hydrogen-bond donors (Lipinski definition) is 1. The summed E-state index contributed by atoms with van der Waals surface area (Å²) in [4.78, 5) is 37.3. The van der Waals surface area contributed by atoms with Crippen LogP contribution >= 0.6 is 0 Å². The summed E-state index contributed by atoms with van der Waals surface area (Å²) < 4.78 is 0. The van der Waals surface area contributed by atoms with Crippen molar-refractivity contribution in [1.82, 2.24) is 14.9 Å². The Morgan fingerprint density at radius 2 is 2.11 bits per heavy atom. The summed E-state index contributed by atoms with van der Waals surface area (Å²) in [5.41, 5.74) is 2.87. The van der Waals surface area contributed by atoms with Gasteiger partial charge in [-0.1, -0.05) is 12.1 Å². The van der Waals surface area contributed by atoms with Crippen molar-refractivity contribution in [3.05, 3.63) is 47.9 Å². The quantitative estimate of drug-likeness (QED) is 0.860. The van der Waals surface area contributed by atoms with E-state index in [0.29, 0.717) is 6.54 Å². The minimum absolute atomic E-state index is 0.00953. The molecule has 1 saturated heterocycles. The fourth-order valence-electron chi connectivity index (χ4n) is 3.51. The highest BCUT2D eigenvalue weighted by molar-refractivity contribution is 5.95. The average Bonchev–Trinajstić information content (AvgIpc) is 2.71. The number of hydrogen-bond acceptors (Lipinski definition) is 5. The number of nitrogens with zero attached hydrogens (tertiary/aromatic N) is 4. The Balaban J connectivity index is 1.57. The molecule has 1 aliphatic rings. The number of rotatable bonds is 5. The lowest BCUT2D eigenvalue weighted by atomic mass is 9.96. The molecule has 2 aromatic rings. The van der Waals surface area contributed by atoms with Crippen molar-refractivity contribution in [3.8, 4) is 0 Å². The van der Waals surface area contributed by atoms with Crippen LogP contribution in [-0.2, 0) is 9.59 Å². The third-order valence-electron chi connectivity index (χ3n) is 5.07. The largest absolute Gasteiger partial charge is 0.355 e. The fraction of sp³-hybridized carbons (Fsp3) is 0.429. The maximum Gasteiger partial charge on any atom is 0.243 e. The first-order valence-corrected chi connectivity index (χ1v) is 9.57. The number of nitrogens with one attached hydrogen (secondary N) is 1. The van der Waals surface area contributed by atoms with E-state index in [-0.39, 0.29) is 24.3 Å². The number of aryl methyl sites for hydroxylation is 2. The monoisotopic (exact) mass is 381 g/mol. The van der Waals surface area contributed by atoms with E-state index in [0.717, 1.165) is 42.0 Å².